The van der Waals surface area contributed by atoms with Crippen molar-refractivity contribution in [3.63, 3.8) is 0 Å². The van der Waals surface area contributed by atoms with Crippen molar-refractivity contribution in [1.29, 1.82) is 0 Å². The summed E-state index contributed by atoms with van der Waals surface area (Å²) in [6.45, 7) is 1.81. The first-order valence-corrected chi connectivity index (χ1v) is 6.35. The van der Waals surface area contributed by atoms with Gasteiger partial charge in [0.25, 0.3) is 0 Å². The highest BCUT2D eigenvalue weighted by Gasteiger charge is 2.02. The van der Waals surface area contributed by atoms with Crippen molar-refractivity contribution in [3.8, 4) is 0 Å². The Balaban J connectivity index is 1.97. The maximum Gasteiger partial charge on any atom is 0.191 e. The lowest BCUT2D eigenvalue weighted by molar-refractivity contribution is 0.632. The Hall–Kier alpha value is -2.34. The average Bonchev–Trinajstić information content (AvgIpc) is 2.48. The van der Waals surface area contributed by atoms with Gasteiger partial charge in [-0.3, -0.25) is 10.4 Å². The van der Waals surface area contributed by atoms with Gasteiger partial charge >= 0.3 is 0 Å². The van der Waals surface area contributed by atoms with Gasteiger partial charge < -0.3 is 5.32 Å². The molecule has 0 radical (unpaired) electrons. The smallest absolute Gasteiger partial charge is 0.191 e. The zero-order chi connectivity index (χ0) is 14.4. The molecular weight excluding hydrogens is 275 g/mol. The van der Waals surface area contributed by atoms with Crippen LogP contribution < -0.4 is 10.7 Å². The second-order valence-electron chi connectivity index (χ2n) is 3.96. The predicted octanol–water partition coefficient (Wildman–Crippen LogP) is 2.93. The van der Waals surface area contributed by atoms with Gasteiger partial charge in [-0.1, -0.05) is 18.2 Å². The molecule has 4 nitrogen and oxygen atoms in total. The largest absolute Gasteiger partial charge is 0.329 e. The van der Waals surface area contributed by atoms with Crippen LogP contribution >= 0.6 is 12.2 Å². The summed E-state index contributed by atoms with van der Waals surface area (Å²) >= 11 is 5.05. The van der Waals surface area contributed by atoms with Crippen LogP contribution in [0.25, 0.3) is 0 Å². The molecule has 0 amide bonds. The quantitative estimate of drug-likeness (QED) is 0.518. The fraction of sp³-hybridized carbons (Fsp3) is 0.0714. The van der Waals surface area contributed by atoms with Crippen LogP contribution in [-0.2, 0) is 0 Å². The second-order valence-corrected chi connectivity index (χ2v) is 4.37. The summed E-state index contributed by atoms with van der Waals surface area (Å²) in [4.78, 5) is 4.16. The number of hydrogen-bond donors (Lipinski definition) is 2. The molecule has 0 atom stereocenters. The minimum atomic E-state index is -0.373. The Kier molecular flexibility index (Phi) is 4.73. The molecular formula is C14H13FN4S. The molecule has 0 aliphatic carbocycles. The van der Waals surface area contributed by atoms with Gasteiger partial charge in [-0.25, -0.2) is 4.39 Å². The number of pyridine rings is 1. The molecule has 102 valence electrons. The molecule has 2 rings (SSSR count). The van der Waals surface area contributed by atoms with Crippen molar-refractivity contribution >= 4 is 28.7 Å². The van der Waals surface area contributed by atoms with Gasteiger partial charge in [-0.05, 0) is 43.4 Å². The van der Waals surface area contributed by atoms with Crippen LogP contribution in [0, 0.1) is 5.82 Å². The van der Waals surface area contributed by atoms with E-state index < -0.39 is 0 Å². The fourth-order valence-electron chi connectivity index (χ4n) is 1.48. The lowest BCUT2D eigenvalue weighted by Crippen LogP contribution is -2.25. The van der Waals surface area contributed by atoms with Gasteiger partial charge in [0.1, 0.15) is 5.82 Å². The molecule has 1 heterocycles. The van der Waals surface area contributed by atoms with Crippen LogP contribution in [0.2, 0.25) is 0 Å². The molecule has 20 heavy (non-hydrogen) atoms. The fourth-order valence-corrected chi connectivity index (χ4v) is 1.64. The van der Waals surface area contributed by atoms with E-state index >= 15 is 0 Å². The number of rotatable bonds is 3. The van der Waals surface area contributed by atoms with Crippen molar-refractivity contribution < 1.29 is 4.39 Å². The maximum absolute atomic E-state index is 13.4. The Morgan fingerprint density at radius 2 is 1.95 bits per heavy atom. The Morgan fingerprint density at radius 1 is 1.20 bits per heavy atom. The minimum absolute atomic E-state index is 0.213. The van der Waals surface area contributed by atoms with Crippen molar-refractivity contribution in [2.75, 3.05) is 5.32 Å². The van der Waals surface area contributed by atoms with Crippen molar-refractivity contribution in [1.82, 2.24) is 10.4 Å². The van der Waals surface area contributed by atoms with Gasteiger partial charge in [-0.2, -0.15) is 5.10 Å². The molecule has 1 aromatic carbocycles. The number of anilines is 1. The summed E-state index contributed by atoms with van der Waals surface area (Å²) in [5.41, 5.74) is 4.39. The first-order chi connectivity index (χ1) is 9.66. The molecule has 0 bridgehead atoms. The molecule has 2 aromatic rings. The normalized spacial score (nSPS) is 11.0. The van der Waals surface area contributed by atoms with Crippen LogP contribution in [0.4, 0.5) is 10.1 Å². The summed E-state index contributed by atoms with van der Waals surface area (Å²) in [7, 11) is 0. The number of halogens is 1. The van der Waals surface area contributed by atoms with E-state index in [1.54, 1.807) is 31.3 Å². The molecule has 0 saturated carbocycles. The number of nitrogens with one attached hydrogen (secondary N) is 2. The van der Waals surface area contributed by atoms with E-state index in [9.17, 15) is 4.39 Å². The van der Waals surface area contributed by atoms with Crippen molar-refractivity contribution in [3.05, 3.63) is 60.2 Å². The Bertz CT molecular complexity index is 628. The number of para-hydroxylation sites is 1. The van der Waals surface area contributed by atoms with Crippen LogP contribution in [0.1, 0.15) is 12.6 Å². The van der Waals surface area contributed by atoms with E-state index in [2.05, 4.69) is 20.8 Å². The lowest BCUT2D eigenvalue weighted by atomic mass is 10.3. The molecule has 0 unspecified atom stereocenters. The van der Waals surface area contributed by atoms with Crippen molar-refractivity contribution in [2.24, 2.45) is 5.10 Å². The van der Waals surface area contributed by atoms with E-state index in [0.29, 0.717) is 11.4 Å². The number of hydrazone groups is 1. The topological polar surface area (TPSA) is 49.3 Å². The average molecular weight is 288 g/mol. The van der Waals surface area contributed by atoms with Gasteiger partial charge in [0, 0.05) is 6.20 Å². The van der Waals surface area contributed by atoms with Gasteiger partial charge in [0.2, 0.25) is 0 Å². The van der Waals surface area contributed by atoms with Crippen LogP contribution in [-0.4, -0.2) is 15.8 Å². The highest BCUT2D eigenvalue weighted by atomic mass is 32.1. The molecule has 0 aliphatic heterocycles. The third-order valence-corrected chi connectivity index (χ3v) is 2.68. The Labute approximate surface area is 121 Å². The zero-order valence-electron chi connectivity index (χ0n) is 10.8. The first-order valence-electron chi connectivity index (χ1n) is 5.94. The van der Waals surface area contributed by atoms with E-state index in [-0.39, 0.29) is 10.9 Å². The number of thiocarbonyl (C=S) groups is 1. The highest BCUT2D eigenvalue weighted by molar-refractivity contribution is 7.80. The van der Waals surface area contributed by atoms with E-state index in [1.165, 1.54) is 6.07 Å². The van der Waals surface area contributed by atoms with E-state index in [0.717, 1.165) is 5.69 Å². The predicted molar refractivity (Wildman–Crippen MR) is 82.2 cm³/mol. The SMILES string of the molecule is C/C(=N\NC(=S)Nc1ccccc1F)c1ccccn1. The lowest BCUT2D eigenvalue weighted by Gasteiger charge is -2.08. The van der Waals surface area contributed by atoms with E-state index in [1.807, 2.05) is 18.2 Å². The second kappa shape index (κ2) is 6.72. The number of nitrogens with zero attached hydrogens (tertiary/aromatic N) is 2. The third-order valence-electron chi connectivity index (χ3n) is 2.48. The number of aromatic nitrogens is 1. The summed E-state index contributed by atoms with van der Waals surface area (Å²) in [6.07, 6.45) is 1.68. The summed E-state index contributed by atoms with van der Waals surface area (Å²) in [6, 6.07) is 11.8. The summed E-state index contributed by atoms with van der Waals surface area (Å²) in [5, 5.41) is 7.05. The first kappa shape index (κ1) is 14.1. The van der Waals surface area contributed by atoms with Gasteiger partial charge in [0.15, 0.2) is 5.11 Å². The molecule has 0 fully saturated rings. The third kappa shape index (κ3) is 3.83. The minimum Gasteiger partial charge on any atom is -0.329 e. The van der Waals surface area contributed by atoms with Crippen LogP contribution in [0.5, 0.6) is 0 Å². The van der Waals surface area contributed by atoms with Gasteiger partial charge in [0.05, 0.1) is 17.1 Å². The monoisotopic (exact) mass is 288 g/mol. The summed E-state index contributed by atoms with van der Waals surface area (Å²) < 4.78 is 13.4. The number of benzene rings is 1. The van der Waals surface area contributed by atoms with Crippen LogP contribution in [0.15, 0.2) is 53.8 Å². The molecule has 2 N–H and O–H groups in total. The Morgan fingerprint density at radius 3 is 2.65 bits per heavy atom. The number of hydrogen-bond acceptors (Lipinski definition) is 3. The molecule has 6 heteroatoms. The molecule has 0 saturated heterocycles. The molecule has 1 aromatic heterocycles. The zero-order valence-corrected chi connectivity index (χ0v) is 11.6. The highest BCUT2D eigenvalue weighted by Crippen LogP contribution is 2.11. The standard InChI is InChI=1S/C14H13FN4S/c1-10(12-7-4-5-9-16-12)18-19-14(20)17-13-8-3-2-6-11(13)15/h2-9H,1H3,(H2,17,19,20)/b18-10+. The maximum atomic E-state index is 13.4. The molecule has 0 spiro atoms. The van der Waals surface area contributed by atoms with E-state index in [4.69, 9.17) is 12.2 Å². The molecule has 0 aliphatic rings. The van der Waals surface area contributed by atoms with Gasteiger partial charge in [-0.15, -0.1) is 0 Å². The van der Waals surface area contributed by atoms with Crippen molar-refractivity contribution in [2.45, 2.75) is 6.92 Å². The summed E-state index contributed by atoms with van der Waals surface area (Å²) in [5.74, 6) is -0.373. The van der Waals surface area contributed by atoms with Crippen LogP contribution in [0.3, 0.4) is 0 Å².